The van der Waals surface area contributed by atoms with E-state index >= 15 is 0 Å². The number of aliphatic carboxylic acids is 1. The summed E-state index contributed by atoms with van der Waals surface area (Å²) in [5, 5.41) is 14.5. The van der Waals surface area contributed by atoms with E-state index in [-0.39, 0.29) is 30.1 Å². The van der Waals surface area contributed by atoms with Gasteiger partial charge in [-0.2, -0.15) is 0 Å². The molecule has 0 radical (unpaired) electrons. The summed E-state index contributed by atoms with van der Waals surface area (Å²) in [5.74, 6) is -1.50. The zero-order valence-corrected chi connectivity index (χ0v) is 24.4. The molecular formula is C29H35Cl2N2O6+. The summed E-state index contributed by atoms with van der Waals surface area (Å²) in [7, 11) is 1.54. The van der Waals surface area contributed by atoms with Crippen molar-refractivity contribution in [3.05, 3.63) is 57.6 Å². The van der Waals surface area contributed by atoms with Gasteiger partial charge in [-0.05, 0) is 31.2 Å². The fraction of sp³-hybridized carbons (Fsp3) is 0.483. The van der Waals surface area contributed by atoms with Crippen LogP contribution in [-0.2, 0) is 19.1 Å². The van der Waals surface area contributed by atoms with Crippen LogP contribution in [0.2, 0.25) is 10.0 Å². The van der Waals surface area contributed by atoms with Gasteiger partial charge in [0.1, 0.15) is 23.6 Å². The smallest absolute Gasteiger partial charge is 0.344 e. The van der Waals surface area contributed by atoms with Crippen LogP contribution >= 0.6 is 23.2 Å². The zero-order chi connectivity index (χ0) is 28.8. The molecule has 39 heavy (non-hydrogen) atoms. The number of Topliss-reactive ketones (excluding diaryl/α,β-unsaturated/α-hetero) is 1. The Kier molecular flexibility index (Phi) is 8.18. The Morgan fingerprint density at radius 3 is 2.49 bits per heavy atom. The summed E-state index contributed by atoms with van der Waals surface area (Å²) in [4.78, 5) is 40.7. The second-order valence-corrected chi connectivity index (χ2v) is 12.4. The summed E-state index contributed by atoms with van der Waals surface area (Å²) in [6, 6.07) is 9.55. The number of hydrogen-bond donors (Lipinski definition) is 2. The maximum Gasteiger partial charge on any atom is 0.344 e. The standard InChI is InChI=1S/C29H34Cl2N2O6/c1-17(34)29(27(36)37)15-32-11-10-24(29)33(16-28(2,3)4)23-9-6-18(30)12-21(23)26(39-14-25(33)35)20-8-7-19(38-5)13-22(20)31/h6-9,12-13,24,26,32H,10-11,14-16H2,1-5H3/p+1/t24-,26?,29+,33?/m1/s1. The Labute approximate surface area is 238 Å². The highest BCUT2D eigenvalue weighted by Crippen LogP contribution is 2.49. The molecule has 4 atom stereocenters. The van der Waals surface area contributed by atoms with E-state index in [4.69, 9.17) is 32.7 Å². The van der Waals surface area contributed by atoms with Crippen molar-refractivity contribution in [2.45, 2.75) is 46.3 Å². The lowest BCUT2D eigenvalue weighted by Gasteiger charge is -2.51. The predicted molar refractivity (Wildman–Crippen MR) is 150 cm³/mol. The number of nitrogens with zero attached hydrogens (tertiary/aromatic N) is 1. The van der Waals surface area contributed by atoms with Crippen LogP contribution in [0.4, 0.5) is 5.69 Å². The van der Waals surface area contributed by atoms with Crippen LogP contribution in [0.3, 0.4) is 0 Å². The number of carboxylic acid groups (broad SMARTS) is 1. The van der Waals surface area contributed by atoms with Crippen LogP contribution in [0, 0.1) is 10.8 Å². The number of hydrogen-bond acceptors (Lipinski definition) is 6. The summed E-state index contributed by atoms with van der Waals surface area (Å²) >= 11 is 13.2. The van der Waals surface area contributed by atoms with E-state index in [9.17, 15) is 19.5 Å². The van der Waals surface area contributed by atoms with E-state index < -0.39 is 34.7 Å². The molecule has 210 valence electrons. The summed E-state index contributed by atoms with van der Waals surface area (Å²) in [6.07, 6.45) is -0.469. The lowest BCUT2D eigenvalue weighted by molar-refractivity contribution is -0.164. The molecule has 1 fully saturated rings. The van der Waals surface area contributed by atoms with E-state index in [1.54, 1.807) is 43.5 Å². The number of amides is 1. The molecule has 2 aromatic rings. The first-order chi connectivity index (χ1) is 18.3. The van der Waals surface area contributed by atoms with Crippen molar-refractivity contribution in [3.63, 3.8) is 0 Å². The van der Waals surface area contributed by atoms with Gasteiger partial charge in [0.2, 0.25) is 0 Å². The molecule has 0 aliphatic carbocycles. The Hall–Kier alpha value is -2.49. The van der Waals surface area contributed by atoms with Gasteiger partial charge in [-0.15, -0.1) is 0 Å². The first-order valence-corrected chi connectivity index (χ1v) is 13.6. The number of nitrogens with one attached hydrogen (secondary N) is 1. The van der Waals surface area contributed by atoms with Gasteiger partial charge in [0, 0.05) is 47.1 Å². The largest absolute Gasteiger partial charge is 0.497 e. The molecule has 0 saturated carbocycles. The Bertz CT molecular complexity index is 1290. The van der Waals surface area contributed by atoms with E-state index in [0.29, 0.717) is 45.6 Å². The average molecular weight is 579 g/mol. The van der Waals surface area contributed by atoms with Crippen LogP contribution in [0.15, 0.2) is 36.4 Å². The molecule has 10 heteroatoms. The van der Waals surface area contributed by atoms with Crippen molar-refractivity contribution in [2.75, 3.05) is 33.4 Å². The number of ether oxygens (including phenoxy) is 2. The van der Waals surface area contributed by atoms with E-state index in [1.165, 1.54) is 6.92 Å². The van der Waals surface area contributed by atoms with Gasteiger partial charge in [0.25, 0.3) is 0 Å². The van der Waals surface area contributed by atoms with Gasteiger partial charge in [0.05, 0.1) is 18.7 Å². The minimum atomic E-state index is -1.83. The third-order valence-corrected chi connectivity index (χ3v) is 8.41. The zero-order valence-electron chi connectivity index (χ0n) is 22.8. The van der Waals surface area contributed by atoms with E-state index in [2.05, 4.69) is 5.32 Å². The van der Waals surface area contributed by atoms with Crippen molar-refractivity contribution in [2.24, 2.45) is 10.8 Å². The highest BCUT2D eigenvalue weighted by Gasteiger charge is 2.65. The normalized spacial score (nSPS) is 27.4. The van der Waals surface area contributed by atoms with Crippen LogP contribution in [-0.4, -0.2) is 62.2 Å². The van der Waals surface area contributed by atoms with Crippen LogP contribution in [0.5, 0.6) is 5.75 Å². The number of fused-ring (bicyclic) bond motifs is 1. The van der Waals surface area contributed by atoms with Crippen LogP contribution in [0.25, 0.3) is 0 Å². The second-order valence-electron chi connectivity index (χ2n) is 11.6. The maximum absolute atomic E-state index is 14.5. The number of carboxylic acids is 1. The van der Waals surface area contributed by atoms with Crippen molar-refractivity contribution in [3.8, 4) is 5.75 Å². The molecule has 2 unspecified atom stereocenters. The van der Waals surface area contributed by atoms with Crippen molar-refractivity contribution >= 4 is 46.5 Å². The van der Waals surface area contributed by atoms with Gasteiger partial charge < -0.3 is 19.9 Å². The van der Waals surface area contributed by atoms with E-state index in [0.717, 1.165) is 0 Å². The number of ketones is 1. The van der Waals surface area contributed by atoms with Gasteiger partial charge in [-0.25, -0.2) is 9.28 Å². The molecule has 0 bridgehead atoms. The third kappa shape index (κ3) is 5.09. The fourth-order valence-corrected chi connectivity index (χ4v) is 6.73. The molecule has 2 aromatic carbocycles. The predicted octanol–water partition coefficient (Wildman–Crippen LogP) is 5.02. The number of methoxy groups -OCH3 is 1. The Morgan fingerprint density at radius 2 is 1.90 bits per heavy atom. The molecule has 8 nitrogen and oxygen atoms in total. The minimum Gasteiger partial charge on any atom is -0.497 e. The number of benzene rings is 2. The molecule has 2 aliphatic heterocycles. The Balaban J connectivity index is 2.07. The summed E-state index contributed by atoms with van der Waals surface area (Å²) < 4.78 is 11.2. The average Bonchev–Trinajstić information content (AvgIpc) is 2.97. The van der Waals surface area contributed by atoms with E-state index in [1.807, 2.05) is 20.8 Å². The first-order valence-electron chi connectivity index (χ1n) is 12.9. The van der Waals surface area contributed by atoms with Gasteiger partial charge in [-0.1, -0.05) is 50.0 Å². The number of piperidine rings is 1. The fourth-order valence-electron chi connectivity index (χ4n) is 6.28. The lowest BCUT2D eigenvalue weighted by atomic mass is 9.70. The number of carbonyl (C=O) groups is 3. The van der Waals surface area contributed by atoms with Crippen molar-refractivity contribution in [1.82, 2.24) is 9.80 Å². The monoisotopic (exact) mass is 577 g/mol. The molecule has 1 saturated heterocycles. The van der Waals surface area contributed by atoms with Gasteiger partial charge in [0.15, 0.2) is 17.8 Å². The summed E-state index contributed by atoms with van der Waals surface area (Å²) in [6.45, 7) is 7.61. The van der Waals surface area contributed by atoms with Crippen molar-refractivity contribution < 1.29 is 29.0 Å². The topological polar surface area (TPSA) is 102 Å². The number of quaternary nitrogens is 1. The highest BCUT2D eigenvalue weighted by atomic mass is 35.5. The van der Waals surface area contributed by atoms with Gasteiger partial charge in [-0.3, -0.25) is 9.59 Å². The molecule has 0 aromatic heterocycles. The van der Waals surface area contributed by atoms with Crippen LogP contribution < -0.4 is 14.5 Å². The molecule has 4 rings (SSSR count). The van der Waals surface area contributed by atoms with Gasteiger partial charge >= 0.3 is 11.9 Å². The third-order valence-electron chi connectivity index (χ3n) is 7.84. The second kappa shape index (κ2) is 10.8. The maximum atomic E-state index is 14.5. The number of carbonyl (C=O) groups excluding carboxylic acids is 2. The molecule has 2 heterocycles. The minimum absolute atomic E-state index is 0.0721. The quantitative estimate of drug-likeness (QED) is 0.367. The lowest BCUT2D eigenvalue weighted by Crippen LogP contribution is -2.75. The molecule has 0 spiro atoms. The SMILES string of the molecule is COc1ccc(C2OCC(=O)[N+](CC(C)(C)C)([C@@H]3CCNC[C@@]3(C(C)=O)C(=O)O)c3ccc(Cl)cc32)c(Cl)c1. The first kappa shape index (κ1) is 29.5. The highest BCUT2D eigenvalue weighted by molar-refractivity contribution is 6.32. The van der Waals surface area contributed by atoms with Crippen molar-refractivity contribution in [1.29, 1.82) is 0 Å². The molecule has 2 N–H and O–H groups in total. The van der Waals surface area contributed by atoms with Crippen LogP contribution in [0.1, 0.15) is 51.3 Å². The molecule has 2 aliphatic rings. The Morgan fingerprint density at radius 1 is 1.18 bits per heavy atom. The molecular weight excluding hydrogens is 543 g/mol. The number of rotatable bonds is 6. The summed E-state index contributed by atoms with van der Waals surface area (Å²) in [5.41, 5.74) is -0.478. The molecule has 1 amide bonds. The number of halogens is 2.